The SMILES string of the molecule is O=C([C@H]1CCOc2ccccc2C1)N1CCc2nc[nH]c(=O)c2CC1. The fraction of sp³-hybridized carbons (Fsp3) is 0.421. The number of para-hydroxylation sites is 1. The average molecular weight is 339 g/mol. The number of nitrogens with zero attached hydrogens (tertiary/aromatic N) is 2. The minimum Gasteiger partial charge on any atom is -0.493 e. The van der Waals surface area contributed by atoms with Crippen LogP contribution in [0.1, 0.15) is 23.2 Å². The number of hydrogen-bond donors (Lipinski definition) is 1. The normalized spacial score (nSPS) is 19.8. The summed E-state index contributed by atoms with van der Waals surface area (Å²) in [6.45, 7) is 1.74. The first-order valence-electron chi connectivity index (χ1n) is 8.77. The summed E-state index contributed by atoms with van der Waals surface area (Å²) in [5, 5.41) is 0. The molecule has 2 aliphatic heterocycles. The van der Waals surface area contributed by atoms with E-state index in [9.17, 15) is 9.59 Å². The molecule has 2 aromatic rings. The Balaban J connectivity index is 1.50. The van der Waals surface area contributed by atoms with Crippen LogP contribution in [-0.2, 0) is 24.1 Å². The van der Waals surface area contributed by atoms with Crippen LogP contribution in [0.15, 0.2) is 35.4 Å². The maximum absolute atomic E-state index is 13.1. The van der Waals surface area contributed by atoms with Gasteiger partial charge in [-0.25, -0.2) is 4.98 Å². The summed E-state index contributed by atoms with van der Waals surface area (Å²) in [4.78, 5) is 33.8. The van der Waals surface area contributed by atoms with Crippen LogP contribution in [0.25, 0.3) is 0 Å². The summed E-state index contributed by atoms with van der Waals surface area (Å²) in [5.41, 5.74) is 2.53. The number of ether oxygens (including phenoxy) is 1. The molecule has 2 aliphatic rings. The van der Waals surface area contributed by atoms with Crippen molar-refractivity contribution in [1.29, 1.82) is 0 Å². The highest BCUT2D eigenvalue weighted by molar-refractivity contribution is 5.79. The second-order valence-corrected chi connectivity index (χ2v) is 6.63. The lowest BCUT2D eigenvalue weighted by atomic mass is 9.95. The van der Waals surface area contributed by atoms with E-state index in [1.54, 1.807) is 0 Å². The van der Waals surface area contributed by atoms with E-state index in [0.717, 1.165) is 23.4 Å². The van der Waals surface area contributed by atoms with Gasteiger partial charge in [0.05, 0.1) is 18.6 Å². The van der Waals surface area contributed by atoms with Gasteiger partial charge in [-0.3, -0.25) is 9.59 Å². The molecule has 1 amide bonds. The number of aromatic amines is 1. The van der Waals surface area contributed by atoms with Crippen molar-refractivity contribution in [3.05, 3.63) is 57.8 Å². The minimum absolute atomic E-state index is 0.0731. The molecule has 0 bridgehead atoms. The Morgan fingerprint density at radius 2 is 2.08 bits per heavy atom. The Morgan fingerprint density at radius 3 is 3.00 bits per heavy atom. The zero-order valence-corrected chi connectivity index (χ0v) is 14.0. The molecule has 0 aliphatic carbocycles. The van der Waals surface area contributed by atoms with Crippen molar-refractivity contribution < 1.29 is 9.53 Å². The first kappa shape index (κ1) is 15.9. The predicted octanol–water partition coefficient (Wildman–Crippen LogP) is 1.34. The highest BCUT2D eigenvalue weighted by Crippen LogP contribution is 2.28. The molecular weight excluding hydrogens is 318 g/mol. The van der Waals surface area contributed by atoms with Crippen LogP contribution in [0.4, 0.5) is 0 Å². The molecular formula is C19H21N3O3. The number of fused-ring (bicyclic) bond motifs is 2. The topological polar surface area (TPSA) is 75.3 Å². The van der Waals surface area contributed by atoms with Gasteiger partial charge in [0.2, 0.25) is 5.91 Å². The maximum atomic E-state index is 13.1. The zero-order valence-electron chi connectivity index (χ0n) is 14.0. The third-order valence-electron chi connectivity index (χ3n) is 5.11. The Hall–Kier alpha value is -2.63. The average Bonchev–Trinajstić information content (AvgIpc) is 2.98. The Kier molecular flexibility index (Phi) is 4.26. The first-order valence-corrected chi connectivity index (χ1v) is 8.77. The molecule has 0 unspecified atom stereocenters. The molecule has 0 fully saturated rings. The summed E-state index contributed by atoms with van der Waals surface area (Å²) < 4.78 is 5.78. The molecule has 0 radical (unpaired) electrons. The van der Waals surface area contributed by atoms with Crippen LogP contribution in [0.5, 0.6) is 5.75 Å². The van der Waals surface area contributed by atoms with Gasteiger partial charge in [-0.1, -0.05) is 18.2 Å². The molecule has 0 saturated carbocycles. The lowest BCUT2D eigenvalue weighted by molar-refractivity contribution is -0.135. The van der Waals surface area contributed by atoms with Gasteiger partial charge in [0.25, 0.3) is 5.56 Å². The number of H-pyrrole nitrogens is 1. The number of amides is 1. The lowest BCUT2D eigenvalue weighted by Crippen LogP contribution is -2.39. The van der Waals surface area contributed by atoms with E-state index < -0.39 is 0 Å². The van der Waals surface area contributed by atoms with Crippen LogP contribution in [0, 0.1) is 5.92 Å². The summed E-state index contributed by atoms with van der Waals surface area (Å²) in [6, 6.07) is 7.93. The molecule has 1 aromatic heterocycles. The second kappa shape index (κ2) is 6.70. The van der Waals surface area contributed by atoms with E-state index in [1.165, 1.54) is 6.33 Å². The van der Waals surface area contributed by atoms with Gasteiger partial charge in [0, 0.05) is 31.0 Å². The van der Waals surface area contributed by atoms with Crippen molar-refractivity contribution in [2.24, 2.45) is 5.92 Å². The Labute approximate surface area is 145 Å². The van der Waals surface area contributed by atoms with Gasteiger partial charge in [0.1, 0.15) is 5.75 Å². The summed E-state index contributed by atoms with van der Waals surface area (Å²) >= 11 is 0. The van der Waals surface area contributed by atoms with Crippen molar-refractivity contribution >= 4 is 5.91 Å². The summed E-state index contributed by atoms with van der Waals surface area (Å²) in [6.07, 6.45) is 4.06. The number of carbonyl (C=O) groups excluding carboxylic acids is 1. The van der Waals surface area contributed by atoms with Crippen molar-refractivity contribution in [3.63, 3.8) is 0 Å². The number of rotatable bonds is 1. The minimum atomic E-state index is -0.0870. The zero-order chi connectivity index (χ0) is 17.2. The molecule has 6 nitrogen and oxygen atoms in total. The van der Waals surface area contributed by atoms with Crippen LogP contribution >= 0.6 is 0 Å². The predicted molar refractivity (Wildman–Crippen MR) is 92.6 cm³/mol. The number of nitrogens with one attached hydrogen (secondary N) is 1. The third-order valence-corrected chi connectivity index (χ3v) is 5.11. The van der Waals surface area contributed by atoms with E-state index >= 15 is 0 Å². The van der Waals surface area contributed by atoms with E-state index in [2.05, 4.69) is 9.97 Å². The third kappa shape index (κ3) is 3.16. The molecule has 0 spiro atoms. The Bertz CT molecular complexity index is 846. The van der Waals surface area contributed by atoms with Crippen molar-refractivity contribution in [2.45, 2.75) is 25.7 Å². The summed E-state index contributed by atoms with van der Waals surface area (Å²) in [5.74, 6) is 0.970. The smallest absolute Gasteiger partial charge is 0.254 e. The van der Waals surface area contributed by atoms with E-state index in [4.69, 9.17) is 4.74 Å². The molecule has 130 valence electrons. The van der Waals surface area contributed by atoms with Gasteiger partial charge < -0.3 is 14.6 Å². The molecule has 25 heavy (non-hydrogen) atoms. The number of aromatic nitrogens is 2. The second-order valence-electron chi connectivity index (χ2n) is 6.63. The standard InChI is InChI=1S/C19H21N3O3/c23-18-15-5-8-22(9-6-16(15)20-12-21-18)19(24)14-7-10-25-17-4-2-1-3-13(17)11-14/h1-4,12,14H,5-11H2,(H,20,21,23)/t14-/m0/s1. The van der Waals surface area contributed by atoms with Crippen molar-refractivity contribution in [2.75, 3.05) is 19.7 Å². The number of hydrogen-bond acceptors (Lipinski definition) is 4. The lowest BCUT2D eigenvalue weighted by Gasteiger charge is -2.25. The molecule has 1 N–H and O–H groups in total. The Morgan fingerprint density at radius 1 is 1.24 bits per heavy atom. The number of benzene rings is 1. The van der Waals surface area contributed by atoms with Gasteiger partial charge >= 0.3 is 0 Å². The molecule has 6 heteroatoms. The fourth-order valence-corrected chi connectivity index (χ4v) is 3.72. The molecule has 4 rings (SSSR count). The van der Waals surface area contributed by atoms with E-state index in [0.29, 0.717) is 44.5 Å². The van der Waals surface area contributed by atoms with Gasteiger partial charge in [-0.2, -0.15) is 0 Å². The van der Waals surface area contributed by atoms with Crippen LogP contribution in [0.2, 0.25) is 0 Å². The highest BCUT2D eigenvalue weighted by Gasteiger charge is 2.29. The van der Waals surface area contributed by atoms with E-state index in [1.807, 2.05) is 29.2 Å². The monoisotopic (exact) mass is 339 g/mol. The molecule has 3 heterocycles. The molecule has 0 saturated heterocycles. The fourth-order valence-electron chi connectivity index (χ4n) is 3.72. The number of carbonyl (C=O) groups is 1. The van der Waals surface area contributed by atoms with Crippen LogP contribution in [0.3, 0.4) is 0 Å². The quantitative estimate of drug-likeness (QED) is 0.851. The van der Waals surface area contributed by atoms with Gasteiger partial charge in [0.15, 0.2) is 0 Å². The molecule has 1 aromatic carbocycles. The highest BCUT2D eigenvalue weighted by atomic mass is 16.5. The van der Waals surface area contributed by atoms with Crippen LogP contribution < -0.4 is 10.3 Å². The van der Waals surface area contributed by atoms with E-state index in [-0.39, 0.29) is 17.4 Å². The van der Waals surface area contributed by atoms with Gasteiger partial charge in [-0.05, 0) is 30.9 Å². The van der Waals surface area contributed by atoms with Crippen molar-refractivity contribution in [3.8, 4) is 5.75 Å². The maximum Gasteiger partial charge on any atom is 0.254 e. The van der Waals surface area contributed by atoms with Crippen LogP contribution in [-0.4, -0.2) is 40.5 Å². The largest absolute Gasteiger partial charge is 0.493 e. The van der Waals surface area contributed by atoms with Crippen molar-refractivity contribution in [1.82, 2.24) is 14.9 Å². The molecule has 1 atom stereocenters. The summed E-state index contributed by atoms with van der Waals surface area (Å²) in [7, 11) is 0. The van der Waals surface area contributed by atoms with Gasteiger partial charge in [-0.15, -0.1) is 0 Å². The first-order chi connectivity index (χ1) is 12.2.